The summed E-state index contributed by atoms with van der Waals surface area (Å²) in [5, 5.41) is 3.69. The maximum Gasteiger partial charge on any atom is 0.244 e. The summed E-state index contributed by atoms with van der Waals surface area (Å²) in [6.07, 6.45) is 6.99. The number of rotatable bonds is 3. The fourth-order valence-corrected chi connectivity index (χ4v) is 5.66. The van der Waals surface area contributed by atoms with Gasteiger partial charge in [-0.1, -0.05) is 30.4 Å². The number of carbonyl (C=O) groups is 3. The van der Waals surface area contributed by atoms with Crippen molar-refractivity contribution in [2.75, 3.05) is 11.9 Å². The van der Waals surface area contributed by atoms with Gasteiger partial charge in [-0.2, -0.15) is 0 Å². The van der Waals surface area contributed by atoms with Gasteiger partial charge in [0, 0.05) is 5.39 Å². The molecule has 0 radical (unpaired) electrons. The molecule has 2 saturated carbocycles. The van der Waals surface area contributed by atoms with Gasteiger partial charge in [0.15, 0.2) is 0 Å². The van der Waals surface area contributed by atoms with Gasteiger partial charge in [0.25, 0.3) is 0 Å². The van der Waals surface area contributed by atoms with E-state index in [0.717, 1.165) is 17.3 Å². The highest BCUT2D eigenvalue weighted by Crippen LogP contribution is 2.65. The van der Waals surface area contributed by atoms with Gasteiger partial charge < -0.3 is 5.32 Å². The van der Waals surface area contributed by atoms with Gasteiger partial charge in [0.1, 0.15) is 6.54 Å². The number of likely N-dealkylation sites (tertiary alicyclic amines) is 1. The van der Waals surface area contributed by atoms with Crippen LogP contribution in [0.1, 0.15) is 6.42 Å². The number of aromatic nitrogens is 1. The number of hydrogen-bond donors (Lipinski definition) is 1. The Labute approximate surface area is 161 Å². The molecule has 28 heavy (non-hydrogen) atoms. The first-order valence-corrected chi connectivity index (χ1v) is 9.80. The molecule has 0 unspecified atom stereocenters. The Kier molecular flexibility index (Phi) is 3.14. The second-order valence-corrected chi connectivity index (χ2v) is 8.38. The Hall–Kier alpha value is -3.02. The summed E-state index contributed by atoms with van der Waals surface area (Å²) in [5.74, 6) is 0.225. The maximum atomic E-state index is 12.9. The molecule has 4 aliphatic carbocycles. The van der Waals surface area contributed by atoms with Gasteiger partial charge in [-0.05, 0) is 42.2 Å². The van der Waals surface area contributed by atoms with E-state index < -0.39 is 0 Å². The first-order chi connectivity index (χ1) is 13.6. The normalized spacial score (nSPS) is 34.5. The molecule has 2 bridgehead atoms. The zero-order valence-electron chi connectivity index (χ0n) is 15.1. The number of amides is 3. The molecule has 0 spiro atoms. The first-order valence-electron chi connectivity index (χ1n) is 9.80. The third-order valence-corrected chi connectivity index (χ3v) is 6.93. The number of nitrogens with zero attached hydrogens (tertiary/aromatic N) is 2. The lowest BCUT2D eigenvalue weighted by molar-refractivity contribution is -0.142. The second kappa shape index (κ2) is 5.50. The van der Waals surface area contributed by atoms with E-state index in [4.69, 9.17) is 0 Å². The highest BCUT2D eigenvalue weighted by atomic mass is 16.2. The van der Waals surface area contributed by atoms with E-state index in [1.54, 1.807) is 6.20 Å². The predicted octanol–water partition coefficient (Wildman–Crippen LogP) is 2.23. The van der Waals surface area contributed by atoms with Crippen molar-refractivity contribution >= 4 is 34.3 Å². The van der Waals surface area contributed by atoms with Gasteiger partial charge in [0.05, 0.1) is 29.2 Å². The summed E-state index contributed by atoms with van der Waals surface area (Å²) < 4.78 is 0. The topological polar surface area (TPSA) is 79.4 Å². The fourth-order valence-electron chi connectivity index (χ4n) is 5.66. The van der Waals surface area contributed by atoms with Crippen molar-refractivity contribution in [2.24, 2.45) is 35.5 Å². The lowest BCUT2D eigenvalue weighted by Crippen LogP contribution is -2.40. The van der Waals surface area contributed by atoms with Crippen molar-refractivity contribution in [2.45, 2.75) is 6.42 Å². The van der Waals surface area contributed by atoms with E-state index in [1.165, 1.54) is 4.90 Å². The molecule has 1 aliphatic heterocycles. The number of carbonyl (C=O) groups excluding carboxylic acids is 3. The van der Waals surface area contributed by atoms with Crippen molar-refractivity contribution in [3.63, 3.8) is 0 Å². The minimum atomic E-state index is -0.372. The van der Waals surface area contributed by atoms with Crippen LogP contribution in [0.2, 0.25) is 0 Å². The van der Waals surface area contributed by atoms with Crippen LogP contribution in [0, 0.1) is 35.5 Å². The smallest absolute Gasteiger partial charge is 0.244 e. The molecule has 1 N–H and O–H groups in total. The number of allylic oxidation sites excluding steroid dienone is 2. The quantitative estimate of drug-likeness (QED) is 0.661. The predicted molar refractivity (Wildman–Crippen MR) is 102 cm³/mol. The van der Waals surface area contributed by atoms with Crippen LogP contribution in [-0.2, 0) is 14.4 Å². The molecule has 6 nitrogen and oxygen atoms in total. The number of anilines is 1. The standard InChI is InChI=1S/C22H19N3O3/c26-18(24-12-7-11-3-1-2-4-17(11)23-9-12)10-25-21(27)19-13-5-6-14(16-8-15(13)16)20(19)22(25)28/h1-7,9,13-16,19-20H,8,10H2,(H,24,26)/t13-,14+,15-,16-,19+,20-/m1/s1. The average molecular weight is 373 g/mol. The minimum Gasteiger partial charge on any atom is -0.323 e. The molecule has 7 rings (SSSR count). The highest BCUT2D eigenvalue weighted by Gasteiger charge is 2.67. The van der Waals surface area contributed by atoms with E-state index in [1.807, 2.05) is 30.3 Å². The average Bonchev–Trinajstić information content (AvgIpc) is 3.49. The third-order valence-electron chi connectivity index (χ3n) is 6.93. The number of nitrogens with one attached hydrogen (secondary N) is 1. The number of para-hydroxylation sites is 1. The van der Waals surface area contributed by atoms with Gasteiger partial charge >= 0.3 is 0 Å². The number of imide groups is 1. The van der Waals surface area contributed by atoms with Gasteiger partial charge in [-0.15, -0.1) is 0 Å². The Bertz CT molecular complexity index is 1040. The van der Waals surface area contributed by atoms with Crippen LogP contribution in [-0.4, -0.2) is 34.2 Å². The van der Waals surface area contributed by atoms with E-state index in [9.17, 15) is 14.4 Å². The van der Waals surface area contributed by atoms with Gasteiger partial charge in [-0.3, -0.25) is 24.3 Å². The third kappa shape index (κ3) is 2.14. The number of benzene rings is 1. The van der Waals surface area contributed by atoms with E-state index in [-0.39, 0.29) is 47.9 Å². The van der Waals surface area contributed by atoms with Crippen molar-refractivity contribution in [1.82, 2.24) is 9.88 Å². The summed E-state index contributed by atoms with van der Waals surface area (Å²) in [7, 11) is 0. The van der Waals surface area contributed by atoms with Crippen LogP contribution in [0.15, 0.2) is 48.7 Å². The van der Waals surface area contributed by atoms with Crippen LogP contribution < -0.4 is 5.32 Å². The molecule has 1 saturated heterocycles. The summed E-state index contributed by atoms with van der Waals surface area (Å²) in [4.78, 5) is 43.9. The number of hydrogen-bond acceptors (Lipinski definition) is 4. The lowest BCUT2D eigenvalue weighted by Gasteiger charge is -2.37. The van der Waals surface area contributed by atoms with Crippen LogP contribution >= 0.6 is 0 Å². The number of fused-ring (bicyclic) bond motifs is 1. The highest BCUT2D eigenvalue weighted by molar-refractivity contribution is 6.09. The summed E-state index contributed by atoms with van der Waals surface area (Å²) >= 11 is 0. The Balaban J connectivity index is 1.20. The molecule has 3 fully saturated rings. The Morgan fingerprint density at radius 1 is 1.07 bits per heavy atom. The van der Waals surface area contributed by atoms with E-state index in [0.29, 0.717) is 17.5 Å². The largest absolute Gasteiger partial charge is 0.323 e. The second-order valence-electron chi connectivity index (χ2n) is 8.38. The Morgan fingerprint density at radius 2 is 1.75 bits per heavy atom. The molecule has 1 aromatic heterocycles. The summed E-state index contributed by atoms with van der Waals surface area (Å²) in [5.41, 5.74) is 1.40. The monoisotopic (exact) mass is 373 g/mol. The molecule has 5 aliphatic rings. The zero-order valence-corrected chi connectivity index (χ0v) is 15.1. The first kappa shape index (κ1) is 16.0. The molecular formula is C22H19N3O3. The van der Waals surface area contributed by atoms with Crippen LogP contribution in [0.5, 0.6) is 0 Å². The SMILES string of the molecule is O=C(CN1C(=O)[C@@H]2[C@H]3C=C[C@H]([C@H]4C[C@H]34)[C@@H]2C1=O)Nc1cnc2ccccc2c1. The Morgan fingerprint density at radius 3 is 2.46 bits per heavy atom. The van der Waals surface area contributed by atoms with Crippen LogP contribution in [0.4, 0.5) is 5.69 Å². The van der Waals surface area contributed by atoms with Crippen LogP contribution in [0.3, 0.4) is 0 Å². The van der Waals surface area contributed by atoms with Crippen molar-refractivity contribution in [3.05, 3.63) is 48.7 Å². The summed E-state index contributed by atoms with van der Waals surface area (Å²) in [6.45, 7) is -0.230. The van der Waals surface area contributed by atoms with Gasteiger partial charge in [0.2, 0.25) is 17.7 Å². The molecule has 3 amide bonds. The zero-order chi connectivity index (χ0) is 19.0. The minimum absolute atomic E-state index is 0.175. The molecule has 2 aromatic rings. The van der Waals surface area contributed by atoms with Crippen molar-refractivity contribution in [3.8, 4) is 0 Å². The molecule has 2 heterocycles. The molecule has 1 aromatic carbocycles. The van der Waals surface area contributed by atoms with Crippen LogP contribution in [0.25, 0.3) is 10.9 Å². The molecule has 6 heteroatoms. The lowest BCUT2D eigenvalue weighted by atomic mass is 9.63. The maximum absolute atomic E-state index is 12.9. The van der Waals surface area contributed by atoms with E-state index >= 15 is 0 Å². The fraction of sp³-hybridized carbons (Fsp3) is 0.364. The number of pyridine rings is 1. The molecule has 6 atom stereocenters. The van der Waals surface area contributed by atoms with E-state index in [2.05, 4.69) is 22.5 Å². The van der Waals surface area contributed by atoms with Crippen molar-refractivity contribution < 1.29 is 14.4 Å². The molecular weight excluding hydrogens is 354 g/mol. The van der Waals surface area contributed by atoms with Crippen molar-refractivity contribution in [1.29, 1.82) is 0 Å². The molecule has 140 valence electrons. The summed E-state index contributed by atoms with van der Waals surface area (Å²) in [6, 6.07) is 9.47. The van der Waals surface area contributed by atoms with Gasteiger partial charge in [-0.25, -0.2) is 0 Å².